The van der Waals surface area contributed by atoms with Gasteiger partial charge in [-0.2, -0.15) is 0 Å². The van der Waals surface area contributed by atoms with Crippen LogP contribution in [0.3, 0.4) is 0 Å². The van der Waals surface area contributed by atoms with Crippen molar-refractivity contribution in [3.05, 3.63) is 35.8 Å². The summed E-state index contributed by atoms with van der Waals surface area (Å²) in [6.45, 7) is 6.67. The van der Waals surface area contributed by atoms with Crippen molar-refractivity contribution in [3.8, 4) is 0 Å². The van der Waals surface area contributed by atoms with Gasteiger partial charge < -0.3 is 9.73 Å². The number of likely N-dealkylation sites (N-methyl/N-ethyl adjacent to an activating group) is 1. The van der Waals surface area contributed by atoms with E-state index in [1.54, 1.807) is 6.07 Å². The average Bonchev–Trinajstić information content (AvgIpc) is 3.08. The number of nitrogens with one attached hydrogen (secondary N) is 1. The monoisotopic (exact) mass is 290 g/mol. The van der Waals surface area contributed by atoms with Gasteiger partial charge in [0.25, 0.3) is 0 Å². The molecule has 2 heterocycles. The first kappa shape index (κ1) is 14.5. The van der Waals surface area contributed by atoms with Crippen molar-refractivity contribution in [2.75, 3.05) is 20.1 Å². The van der Waals surface area contributed by atoms with Crippen molar-refractivity contribution in [3.63, 3.8) is 0 Å². The Labute approximate surface area is 125 Å². The van der Waals surface area contributed by atoms with E-state index >= 15 is 0 Å². The number of halogens is 1. The fourth-order valence-electron chi connectivity index (χ4n) is 3.51. The molecular weight excluding hydrogens is 267 g/mol. The Hall–Kier alpha value is -1.39. The van der Waals surface area contributed by atoms with Crippen LogP contribution in [0.4, 0.5) is 4.39 Å². The van der Waals surface area contributed by atoms with E-state index in [0.717, 1.165) is 24.2 Å². The zero-order valence-corrected chi connectivity index (χ0v) is 12.9. The Morgan fingerprint density at radius 1 is 1.29 bits per heavy atom. The summed E-state index contributed by atoms with van der Waals surface area (Å²) in [5, 5.41) is 4.18. The molecule has 1 unspecified atom stereocenters. The Kier molecular flexibility index (Phi) is 3.76. The number of furan rings is 1. The number of hydrogen-bond acceptors (Lipinski definition) is 3. The molecule has 21 heavy (non-hydrogen) atoms. The maximum Gasteiger partial charge on any atom is 0.169 e. The predicted octanol–water partition coefficient (Wildman–Crippen LogP) is 3.71. The second-order valence-corrected chi connectivity index (χ2v) is 6.38. The van der Waals surface area contributed by atoms with Crippen LogP contribution in [-0.4, -0.2) is 30.6 Å². The van der Waals surface area contributed by atoms with Gasteiger partial charge in [-0.1, -0.05) is 12.1 Å². The number of nitrogens with zero attached hydrogens (tertiary/aromatic N) is 1. The molecule has 0 radical (unpaired) electrons. The van der Waals surface area contributed by atoms with E-state index in [4.69, 9.17) is 4.42 Å². The van der Waals surface area contributed by atoms with Gasteiger partial charge >= 0.3 is 0 Å². The molecular formula is C17H23FN2O. The largest absolute Gasteiger partial charge is 0.456 e. The minimum atomic E-state index is -0.299. The van der Waals surface area contributed by atoms with Gasteiger partial charge in [0, 0.05) is 10.9 Å². The van der Waals surface area contributed by atoms with Gasteiger partial charge in [0.2, 0.25) is 0 Å². The van der Waals surface area contributed by atoms with Gasteiger partial charge in [-0.05, 0) is 59.0 Å². The zero-order chi connectivity index (χ0) is 15.0. The first-order valence-electron chi connectivity index (χ1n) is 7.64. The molecule has 1 aromatic heterocycles. The second-order valence-electron chi connectivity index (χ2n) is 6.38. The molecule has 4 heteroatoms. The van der Waals surface area contributed by atoms with Crippen LogP contribution in [0.1, 0.15) is 38.5 Å². The Bertz CT molecular complexity index is 629. The summed E-state index contributed by atoms with van der Waals surface area (Å²) in [4.78, 5) is 2.48. The van der Waals surface area contributed by atoms with Crippen LogP contribution in [0, 0.1) is 5.82 Å². The lowest BCUT2D eigenvalue weighted by Crippen LogP contribution is -2.50. The SMILES string of the molecule is CNC(c1cc2cccc(F)c2o1)C(C)(C)N1CCCC1. The molecule has 0 saturated carbocycles. The number of hydrogen-bond donors (Lipinski definition) is 1. The van der Waals surface area contributed by atoms with Crippen LogP contribution < -0.4 is 5.32 Å². The molecule has 1 aromatic carbocycles. The quantitative estimate of drug-likeness (QED) is 0.930. The molecule has 0 amide bonds. The highest BCUT2D eigenvalue weighted by Gasteiger charge is 2.38. The molecule has 3 rings (SSSR count). The van der Waals surface area contributed by atoms with Gasteiger partial charge in [-0.25, -0.2) is 4.39 Å². The first-order valence-corrected chi connectivity index (χ1v) is 7.64. The molecule has 1 atom stereocenters. The summed E-state index contributed by atoms with van der Waals surface area (Å²) >= 11 is 0. The lowest BCUT2D eigenvalue weighted by atomic mass is 9.90. The summed E-state index contributed by atoms with van der Waals surface area (Å²) in [6.07, 6.45) is 2.49. The van der Waals surface area contributed by atoms with Gasteiger partial charge in [-0.3, -0.25) is 4.90 Å². The number of para-hydroxylation sites is 1. The van der Waals surface area contributed by atoms with Crippen LogP contribution in [-0.2, 0) is 0 Å². The molecule has 2 aromatic rings. The van der Waals surface area contributed by atoms with E-state index in [2.05, 4.69) is 24.1 Å². The van der Waals surface area contributed by atoms with Crippen LogP contribution >= 0.6 is 0 Å². The summed E-state index contributed by atoms with van der Waals surface area (Å²) in [6, 6.07) is 7.03. The van der Waals surface area contributed by atoms with E-state index in [9.17, 15) is 4.39 Å². The smallest absolute Gasteiger partial charge is 0.169 e. The van der Waals surface area contributed by atoms with Crippen LogP contribution in [0.2, 0.25) is 0 Å². The van der Waals surface area contributed by atoms with Gasteiger partial charge in [0.1, 0.15) is 5.76 Å². The highest BCUT2D eigenvalue weighted by molar-refractivity contribution is 5.78. The van der Waals surface area contributed by atoms with Crippen molar-refractivity contribution in [2.45, 2.75) is 38.3 Å². The number of likely N-dealkylation sites (tertiary alicyclic amines) is 1. The lowest BCUT2D eigenvalue weighted by molar-refractivity contribution is 0.101. The average molecular weight is 290 g/mol. The Balaban J connectivity index is 1.99. The fourth-order valence-corrected chi connectivity index (χ4v) is 3.51. The fraction of sp³-hybridized carbons (Fsp3) is 0.529. The molecule has 1 saturated heterocycles. The predicted molar refractivity (Wildman–Crippen MR) is 82.9 cm³/mol. The van der Waals surface area contributed by atoms with E-state index in [0.29, 0.717) is 5.58 Å². The number of benzene rings is 1. The van der Waals surface area contributed by atoms with Crippen molar-refractivity contribution >= 4 is 11.0 Å². The number of fused-ring (bicyclic) bond motifs is 1. The minimum absolute atomic E-state index is 0.0300. The van der Waals surface area contributed by atoms with Gasteiger partial charge in [0.05, 0.1) is 6.04 Å². The normalized spacial score (nSPS) is 18.5. The molecule has 0 spiro atoms. The molecule has 3 nitrogen and oxygen atoms in total. The first-order chi connectivity index (χ1) is 10.0. The molecule has 114 valence electrons. The van der Waals surface area contributed by atoms with Gasteiger partial charge in [0.15, 0.2) is 11.4 Å². The van der Waals surface area contributed by atoms with Gasteiger partial charge in [-0.15, -0.1) is 0 Å². The number of rotatable bonds is 4. The van der Waals surface area contributed by atoms with Crippen molar-refractivity contribution in [1.82, 2.24) is 10.2 Å². The Morgan fingerprint density at radius 2 is 2.00 bits per heavy atom. The molecule has 1 aliphatic rings. The topological polar surface area (TPSA) is 28.4 Å². The third-order valence-electron chi connectivity index (χ3n) is 4.72. The van der Waals surface area contributed by atoms with E-state index < -0.39 is 0 Å². The third kappa shape index (κ3) is 2.47. The van der Waals surface area contributed by atoms with E-state index in [1.807, 2.05) is 19.2 Å². The maximum absolute atomic E-state index is 13.8. The second kappa shape index (κ2) is 5.43. The molecule has 0 bridgehead atoms. The molecule has 1 N–H and O–H groups in total. The highest BCUT2D eigenvalue weighted by Crippen LogP contribution is 2.36. The summed E-state index contributed by atoms with van der Waals surface area (Å²) in [5.41, 5.74) is 0.278. The third-order valence-corrected chi connectivity index (χ3v) is 4.72. The van der Waals surface area contributed by atoms with Crippen LogP contribution in [0.5, 0.6) is 0 Å². The summed E-state index contributed by atoms with van der Waals surface area (Å²) in [7, 11) is 1.94. The van der Waals surface area contributed by atoms with Crippen LogP contribution in [0.25, 0.3) is 11.0 Å². The molecule has 0 aliphatic carbocycles. The molecule has 1 aliphatic heterocycles. The summed E-state index contributed by atoms with van der Waals surface area (Å²) < 4.78 is 19.7. The van der Waals surface area contributed by atoms with E-state index in [1.165, 1.54) is 18.9 Å². The summed E-state index contributed by atoms with van der Waals surface area (Å²) in [5.74, 6) is 0.502. The standard InChI is InChI=1S/C17H23FN2O/c1-17(2,20-9-4-5-10-20)16(19-3)14-11-12-7-6-8-13(18)15(12)21-14/h6-8,11,16,19H,4-5,9-10H2,1-3H3. The van der Waals surface area contributed by atoms with Crippen molar-refractivity contribution in [1.29, 1.82) is 0 Å². The van der Waals surface area contributed by atoms with E-state index in [-0.39, 0.29) is 17.4 Å². The Morgan fingerprint density at radius 3 is 2.62 bits per heavy atom. The maximum atomic E-state index is 13.8. The highest BCUT2D eigenvalue weighted by atomic mass is 19.1. The lowest BCUT2D eigenvalue weighted by Gasteiger charge is -2.41. The van der Waals surface area contributed by atoms with Crippen molar-refractivity contribution in [2.24, 2.45) is 0 Å². The minimum Gasteiger partial charge on any atom is -0.456 e. The molecule has 1 fully saturated rings. The van der Waals surface area contributed by atoms with Crippen LogP contribution in [0.15, 0.2) is 28.7 Å². The zero-order valence-electron chi connectivity index (χ0n) is 12.9. The van der Waals surface area contributed by atoms with Crippen molar-refractivity contribution < 1.29 is 8.81 Å².